The van der Waals surface area contributed by atoms with Gasteiger partial charge in [-0.3, -0.25) is 0 Å². The van der Waals surface area contributed by atoms with Gasteiger partial charge in [0.15, 0.2) is 0 Å². The van der Waals surface area contributed by atoms with E-state index in [0.29, 0.717) is 0 Å². The van der Waals surface area contributed by atoms with Crippen molar-refractivity contribution in [1.82, 2.24) is 9.97 Å². The van der Waals surface area contributed by atoms with E-state index >= 15 is 0 Å². The summed E-state index contributed by atoms with van der Waals surface area (Å²) in [6.45, 7) is 0. The Morgan fingerprint density at radius 1 is 1.25 bits per heavy atom. The van der Waals surface area contributed by atoms with E-state index in [1.807, 2.05) is 12.3 Å². The fourth-order valence-electron chi connectivity index (χ4n) is 1.79. The third-order valence-corrected chi connectivity index (χ3v) is 2.69. The third-order valence-electron chi connectivity index (χ3n) is 2.69. The minimum atomic E-state index is 0.0266. The first kappa shape index (κ1) is 10.9. The molecular weight excluding hydrogens is 198 g/mol. The summed E-state index contributed by atoms with van der Waals surface area (Å²) in [4.78, 5) is 7.21. The number of benzene rings is 1. The lowest BCUT2D eigenvalue weighted by Crippen LogP contribution is -2.12. The van der Waals surface area contributed by atoms with Gasteiger partial charge in [0.25, 0.3) is 0 Å². The molecule has 0 spiro atoms. The average molecular weight is 215 g/mol. The highest BCUT2D eigenvalue weighted by molar-refractivity contribution is 5.14. The van der Waals surface area contributed by atoms with Crippen molar-refractivity contribution in [3.05, 3.63) is 54.1 Å². The Morgan fingerprint density at radius 2 is 2.06 bits per heavy atom. The van der Waals surface area contributed by atoms with Crippen molar-refractivity contribution in [2.24, 2.45) is 5.73 Å². The summed E-state index contributed by atoms with van der Waals surface area (Å²) in [5, 5.41) is 0. The molecule has 1 heterocycles. The van der Waals surface area contributed by atoms with Gasteiger partial charge in [-0.1, -0.05) is 30.3 Å². The van der Waals surface area contributed by atoms with Gasteiger partial charge < -0.3 is 10.7 Å². The predicted molar refractivity (Wildman–Crippen MR) is 64.9 cm³/mol. The number of aromatic amines is 1. The van der Waals surface area contributed by atoms with Crippen LogP contribution in [0.4, 0.5) is 0 Å². The van der Waals surface area contributed by atoms with Crippen molar-refractivity contribution in [2.45, 2.75) is 25.3 Å². The monoisotopic (exact) mass is 215 g/mol. The van der Waals surface area contributed by atoms with Crippen LogP contribution in [-0.2, 0) is 6.42 Å². The van der Waals surface area contributed by atoms with Crippen LogP contribution in [0, 0.1) is 0 Å². The van der Waals surface area contributed by atoms with E-state index in [1.54, 1.807) is 6.20 Å². The van der Waals surface area contributed by atoms with Gasteiger partial charge in [0.05, 0.1) is 6.04 Å². The second-order valence-electron chi connectivity index (χ2n) is 3.96. The maximum absolute atomic E-state index is 6.01. The zero-order valence-corrected chi connectivity index (χ0v) is 9.26. The molecule has 0 bridgehead atoms. The van der Waals surface area contributed by atoms with Gasteiger partial charge in [-0.25, -0.2) is 4.98 Å². The lowest BCUT2D eigenvalue weighted by atomic mass is 10.1. The number of aryl methyl sites for hydroxylation is 1. The van der Waals surface area contributed by atoms with Crippen LogP contribution in [-0.4, -0.2) is 9.97 Å². The van der Waals surface area contributed by atoms with Crippen LogP contribution in [0.5, 0.6) is 0 Å². The highest BCUT2D eigenvalue weighted by Crippen LogP contribution is 2.13. The molecule has 3 heteroatoms. The molecule has 3 nitrogen and oxygen atoms in total. The van der Waals surface area contributed by atoms with Crippen molar-refractivity contribution in [3.63, 3.8) is 0 Å². The average Bonchev–Trinajstić information content (AvgIpc) is 2.84. The zero-order chi connectivity index (χ0) is 11.2. The van der Waals surface area contributed by atoms with E-state index in [4.69, 9.17) is 5.73 Å². The highest BCUT2D eigenvalue weighted by Gasteiger charge is 2.07. The molecule has 2 aromatic rings. The van der Waals surface area contributed by atoms with Crippen LogP contribution in [0.15, 0.2) is 42.7 Å². The van der Waals surface area contributed by atoms with Crippen molar-refractivity contribution < 1.29 is 0 Å². The van der Waals surface area contributed by atoms with Crippen LogP contribution in [0.3, 0.4) is 0 Å². The first-order valence-corrected chi connectivity index (χ1v) is 5.65. The van der Waals surface area contributed by atoms with Crippen LogP contribution in [0.2, 0.25) is 0 Å². The third kappa shape index (κ3) is 2.94. The Hall–Kier alpha value is -1.61. The lowest BCUT2D eigenvalue weighted by molar-refractivity contribution is 0.586. The molecule has 0 aliphatic heterocycles. The van der Waals surface area contributed by atoms with Gasteiger partial charge in [-0.05, 0) is 24.8 Å². The van der Waals surface area contributed by atoms with Gasteiger partial charge in [0.1, 0.15) is 5.82 Å². The van der Waals surface area contributed by atoms with Crippen molar-refractivity contribution in [1.29, 1.82) is 0 Å². The number of nitrogens with zero attached hydrogens (tertiary/aromatic N) is 1. The van der Waals surface area contributed by atoms with E-state index in [2.05, 4.69) is 34.2 Å². The standard InChI is InChI=1S/C13H17N3/c14-12(13-15-9-10-16-13)8-4-7-11-5-2-1-3-6-11/h1-3,5-6,9-10,12H,4,7-8,14H2,(H,15,16). The predicted octanol–water partition coefficient (Wildman–Crippen LogP) is 2.43. The van der Waals surface area contributed by atoms with E-state index < -0.39 is 0 Å². The molecule has 0 saturated heterocycles. The molecule has 1 atom stereocenters. The Morgan fingerprint density at radius 3 is 2.75 bits per heavy atom. The van der Waals surface area contributed by atoms with Gasteiger partial charge >= 0.3 is 0 Å². The second kappa shape index (κ2) is 5.47. The SMILES string of the molecule is NC(CCCc1ccccc1)c1ncc[nH]1. The largest absolute Gasteiger partial charge is 0.347 e. The van der Waals surface area contributed by atoms with Gasteiger partial charge in [0.2, 0.25) is 0 Å². The summed E-state index contributed by atoms with van der Waals surface area (Å²) in [5.41, 5.74) is 7.38. The fourth-order valence-corrected chi connectivity index (χ4v) is 1.79. The fraction of sp³-hybridized carbons (Fsp3) is 0.308. The van der Waals surface area contributed by atoms with Crippen LogP contribution >= 0.6 is 0 Å². The molecular formula is C13H17N3. The molecule has 1 unspecified atom stereocenters. The molecule has 1 aromatic heterocycles. The number of nitrogens with two attached hydrogens (primary N) is 1. The van der Waals surface area contributed by atoms with Crippen LogP contribution < -0.4 is 5.73 Å². The number of hydrogen-bond donors (Lipinski definition) is 2. The maximum atomic E-state index is 6.01. The smallest absolute Gasteiger partial charge is 0.123 e. The van der Waals surface area contributed by atoms with Crippen molar-refractivity contribution in [3.8, 4) is 0 Å². The first-order chi connectivity index (χ1) is 7.86. The molecule has 0 saturated carbocycles. The van der Waals surface area contributed by atoms with E-state index in [0.717, 1.165) is 25.1 Å². The summed E-state index contributed by atoms with van der Waals surface area (Å²) in [6, 6.07) is 10.5. The molecule has 0 aliphatic rings. The number of hydrogen-bond acceptors (Lipinski definition) is 2. The number of aromatic nitrogens is 2. The zero-order valence-electron chi connectivity index (χ0n) is 9.26. The van der Waals surface area contributed by atoms with Crippen LogP contribution in [0.1, 0.15) is 30.3 Å². The molecule has 1 aromatic carbocycles. The summed E-state index contributed by atoms with van der Waals surface area (Å²) in [6.07, 6.45) is 6.68. The van der Waals surface area contributed by atoms with E-state index in [9.17, 15) is 0 Å². The lowest BCUT2D eigenvalue weighted by Gasteiger charge is -2.08. The molecule has 0 fully saturated rings. The number of rotatable bonds is 5. The molecule has 2 rings (SSSR count). The Bertz CT molecular complexity index is 394. The molecule has 0 amide bonds. The number of imidazole rings is 1. The number of nitrogens with one attached hydrogen (secondary N) is 1. The summed E-state index contributed by atoms with van der Waals surface area (Å²) in [7, 11) is 0. The minimum Gasteiger partial charge on any atom is -0.347 e. The highest BCUT2D eigenvalue weighted by atomic mass is 14.9. The van der Waals surface area contributed by atoms with Gasteiger partial charge in [0, 0.05) is 12.4 Å². The molecule has 0 aliphatic carbocycles. The van der Waals surface area contributed by atoms with Crippen molar-refractivity contribution >= 4 is 0 Å². The van der Waals surface area contributed by atoms with Gasteiger partial charge in [-0.15, -0.1) is 0 Å². The van der Waals surface area contributed by atoms with E-state index in [1.165, 1.54) is 5.56 Å². The summed E-state index contributed by atoms with van der Waals surface area (Å²) in [5.74, 6) is 0.882. The minimum absolute atomic E-state index is 0.0266. The first-order valence-electron chi connectivity index (χ1n) is 5.65. The topological polar surface area (TPSA) is 54.7 Å². The quantitative estimate of drug-likeness (QED) is 0.804. The van der Waals surface area contributed by atoms with Crippen molar-refractivity contribution in [2.75, 3.05) is 0 Å². The molecule has 3 N–H and O–H groups in total. The second-order valence-corrected chi connectivity index (χ2v) is 3.96. The summed E-state index contributed by atoms with van der Waals surface area (Å²) < 4.78 is 0. The Kier molecular flexibility index (Phi) is 3.72. The Labute approximate surface area is 95.7 Å². The van der Waals surface area contributed by atoms with Gasteiger partial charge in [-0.2, -0.15) is 0 Å². The maximum Gasteiger partial charge on any atom is 0.123 e. The Balaban J connectivity index is 1.76. The molecule has 0 radical (unpaired) electrons. The molecule has 16 heavy (non-hydrogen) atoms. The van der Waals surface area contributed by atoms with E-state index in [-0.39, 0.29) is 6.04 Å². The van der Waals surface area contributed by atoms with Crippen LogP contribution in [0.25, 0.3) is 0 Å². The number of H-pyrrole nitrogens is 1. The summed E-state index contributed by atoms with van der Waals surface area (Å²) >= 11 is 0. The molecule has 84 valence electrons. The normalized spacial score (nSPS) is 12.6.